The fourth-order valence-electron chi connectivity index (χ4n) is 0.937. The van der Waals surface area contributed by atoms with Crippen molar-refractivity contribution in [2.24, 2.45) is 5.84 Å². The number of nitrogens with two attached hydrogens (primary N) is 1. The minimum absolute atomic E-state index is 0.0324. The Morgan fingerprint density at radius 3 is 2.14 bits per heavy atom. The summed E-state index contributed by atoms with van der Waals surface area (Å²) in [6.45, 7) is 1.41. The maximum absolute atomic E-state index is 11.2. The molecule has 1 aromatic carbocycles. The Morgan fingerprint density at radius 1 is 1.29 bits per heavy atom. The zero-order valence-corrected chi connectivity index (χ0v) is 8.34. The number of carbonyl (C=O) groups excluding carboxylic acids is 1. The highest BCUT2D eigenvalue weighted by atomic mass is 32.2. The third kappa shape index (κ3) is 2.16. The van der Waals surface area contributed by atoms with Crippen LogP contribution in [0.5, 0.6) is 0 Å². The van der Waals surface area contributed by atoms with Crippen LogP contribution >= 0.6 is 0 Å². The molecule has 1 aromatic rings. The summed E-state index contributed by atoms with van der Waals surface area (Å²) in [5, 5.41) is 0. The van der Waals surface area contributed by atoms with Crippen LogP contribution in [0.2, 0.25) is 0 Å². The monoisotopic (exact) mass is 214 g/mol. The van der Waals surface area contributed by atoms with Gasteiger partial charge in [-0.2, -0.15) is 4.83 Å². The molecule has 0 aliphatic rings. The molecule has 0 aliphatic carbocycles. The van der Waals surface area contributed by atoms with Gasteiger partial charge >= 0.3 is 0 Å². The first kappa shape index (κ1) is 10.8. The standard InChI is InChI=1S/C8H10N2O3S/c1-6(11)7-2-4-8(5-3-7)14(12,13)10-9/h2-5,10H,9H2,1H3. The highest BCUT2D eigenvalue weighted by Gasteiger charge is 2.11. The molecule has 0 aliphatic heterocycles. The summed E-state index contributed by atoms with van der Waals surface area (Å²) in [5.41, 5.74) is 0.459. The lowest BCUT2D eigenvalue weighted by Crippen LogP contribution is -2.30. The molecule has 1 rings (SSSR count). The molecule has 76 valence electrons. The summed E-state index contributed by atoms with van der Waals surface area (Å²) >= 11 is 0. The molecule has 0 spiro atoms. The summed E-state index contributed by atoms with van der Waals surface area (Å²) in [6, 6.07) is 5.52. The van der Waals surface area contributed by atoms with Crippen LogP contribution in [0, 0.1) is 0 Å². The Balaban J connectivity index is 3.12. The molecule has 0 bridgehead atoms. The van der Waals surface area contributed by atoms with Crippen LogP contribution in [0.4, 0.5) is 0 Å². The van der Waals surface area contributed by atoms with Crippen molar-refractivity contribution in [2.45, 2.75) is 11.8 Å². The van der Waals surface area contributed by atoms with Gasteiger partial charge in [-0.3, -0.25) is 10.6 Å². The molecule has 0 atom stereocenters. The Labute approximate surface area is 81.9 Å². The topological polar surface area (TPSA) is 89.3 Å². The second-order valence-corrected chi connectivity index (χ2v) is 4.42. The first-order chi connectivity index (χ1) is 6.47. The van der Waals surface area contributed by atoms with Crippen molar-refractivity contribution in [3.63, 3.8) is 0 Å². The number of hydrogen-bond donors (Lipinski definition) is 2. The number of benzene rings is 1. The number of rotatable bonds is 3. The Kier molecular flexibility index (Phi) is 3.00. The van der Waals surface area contributed by atoms with Crippen LogP contribution < -0.4 is 10.7 Å². The van der Waals surface area contributed by atoms with Gasteiger partial charge in [0.15, 0.2) is 5.78 Å². The maximum atomic E-state index is 11.2. The molecule has 14 heavy (non-hydrogen) atoms. The SMILES string of the molecule is CC(=O)c1ccc(S(=O)(=O)NN)cc1. The normalized spacial score (nSPS) is 11.3. The second kappa shape index (κ2) is 3.87. The lowest BCUT2D eigenvalue weighted by atomic mass is 10.2. The number of nitrogens with one attached hydrogen (secondary N) is 1. The molecule has 0 saturated heterocycles. The van der Waals surface area contributed by atoms with Gasteiger partial charge in [-0.1, -0.05) is 12.1 Å². The summed E-state index contributed by atoms with van der Waals surface area (Å²) in [5.74, 6) is 4.72. The number of sulfonamides is 1. The predicted molar refractivity (Wildman–Crippen MR) is 51.0 cm³/mol. The summed E-state index contributed by atoms with van der Waals surface area (Å²) in [7, 11) is -3.62. The Bertz CT molecular complexity index is 436. The third-order valence-corrected chi connectivity index (χ3v) is 2.93. The minimum atomic E-state index is -3.62. The van der Waals surface area contributed by atoms with E-state index >= 15 is 0 Å². The number of ketones is 1. The van der Waals surface area contributed by atoms with Crippen LogP contribution in [0.3, 0.4) is 0 Å². The summed E-state index contributed by atoms with van der Waals surface area (Å²) in [6.07, 6.45) is 0. The molecule has 0 radical (unpaired) electrons. The largest absolute Gasteiger partial charge is 0.295 e. The van der Waals surface area contributed by atoms with E-state index in [0.717, 1.165) is 0 Å². The van der Waals surface area contributed by atoms with Gasteiger partial charge in [-0.05, 0) is 19.1 Å². The third-order valence-electron chi connectivity index (χ3n) is 1.73. The van der Waals surface area contributed by atoms with Gasteiger partial charge in [0.2, 0.25) is 0 Å². The minimum Gasteiger partial charge on any atom is -0.295 e. The zero-order chi connectivity index (χ0) is 10.8. The van der Waals surface area contributed by atoms with Crippen molar-refractivity contribution in [1.82, 2.24) is 4.83 Å². The lowest BCUT2D eigenvalue weighted by molar-refractivity contribution is 0.101. The molecule has 0 aromatic heterocycles. The average Bonchev–Trinajstić information content (AvgIpc) is 2.18. The first-order valence-corrected chi connectivity index (χ1v) is 5.29. The summed E-state index contributed by atoms with van der Waals surface area (Å²) < 4.78 is 22.3. The van der Waals surface area contributed by atoms with Gasteiger partial charge in [0.25, 0.3) is 10.0 Å². The van der Waals surface area contributed by atoms with Gasteiger partial charge in [-0.15, -0.1) is 0 Å². The Morgan fingerprint density at radius 2 is 1.79 bits per heavy atom. The second-order valence-electron chi connectivity index (χ2n) is 2.70. The van der Waals surface area contributed by atoms with E-state index < -0.39 is 10.0 Å². The highest BCUT2D eigenvalue weighted by molar-refractivity contribution is 7.89. The van der Waals surface area contributed by atoms with Crippen molar-refractivity contribution in [1.29, 1.82) is 0 Å². The molecule has 5 nitrogen and oxygen atoms in total. The Hall–Kier alpha value is -1.24. The van der Waals surface area contributed by atoms with Crippen molar-refractivity contribution < 1.29 is 13.2 Å². The van der Waals surface area contributed by atoms with E-state index in [-0.39, 0.29) is 10.7 Å². The highest BCUT2D eigenvalue weighted by Crippen LogP contribution is 2.09. The maximum Gasteiger partial charge on any atom is 0.253 e. The van der Waals surface area contributed by atoms with Gasteiger partial charge in [0, 0.05) is 5.56 Å². The molecule has 0 heterocycles. The molecular weight excluding hydrogens is 204 g/mol. The smallest absolute Gasteiger partial charge is 0.253 e. The number of Topliss-reactive ketones (excluding diaryl/α,β-unsaturated/α-hetero) is 1. The van der Waals surface area contributed by atoms with E-state index in [1.807, 2.05) is 0 Å². The van der Waals surface area contributed by atoms with E-state index in [1.165, 1.54) is 31.2 Å². The van der Waals surface area contributed by atoms with Crippen LogP contribution in [0.1, 0.15) is 17.3 Å². The molecule has 0 unspecified atom stereocenters. The first-order valence-electron chi connectivity index (χ1n) is 3.81. The van der Waals surface area contributed by atoms with E-state index in [9.17, 15) is 13.2 Å². The van der Waals surface area contributed by atoms with Crippen LogP contribution in [0.25, 0.3) is 0 Å². The average molecular weight is 214 g/mol. The van der Waals surface area contributed by atoms with Crippen molar-refractivity contribution in [2.75, 3.05) is 0 Å². The van der Waals surface area contributed by atoms with E-state index in [4.69, 9.17) is 5.84 Å². The van der Waals surface area contributed by atoms with Gasteiger partial charge in [0.05, 0.1) is 4.90 Å². The van der Waals surface area contributed by atoms with E-state index in [1.54, 1.807) is 4.83 Å². The quantitative estimate of drug-likeness (QED) is 0.422. The van der Waals surface area contributed by atoms with E-state index in [2.05, 4.69) is 0 Å². The zero-order valence-electron chi connectivity index (χ0n) is 7.52. The molecule has 0 saturated carbocycles. The molecule has 0 fully saturated rings. The predicted octanol–water partition coefficient (Wildman–Crippen LogP) is 0.0412. The summed E-state index contributed by atoms with van der Waals surface area (Å²) in [4.78, 5) is 12.6. The lowest BCUT2D eigenvalue weighted by Gasteiger charge is -2.02. The van der Waals surface area contributed by atoms with Crippen molar-refractivity contribution in [3.8, 4) is 0 Å². The van der Waals surface area contributed by atoms with Crippen molar-refractivity contribution >= 4 is 15.8 Å². The molecule has 6 heteroatoms. The molecular formula is C8H10N2O3S. The number of carbonyl (C=O) groups is 1. The fraction of sp³-hybridized carbons (Fsp3) is 0.125. The van der Waals surface area contributed by atoms with Crippen LogP contribution in [0.15, 0.2) is 29.2 Å². The number of hydrogen-bond acceptors (Lipinski definition) is 4. The molecule has 3 N–H and O–H groups in total. The molecule has 0 amide bonds. The van der Waals surface area contributed by atoms with Crippen LogP contribution in [-0.4, -0.2) is 14.2 Å². The van der Waals surface area contributed by atoms with Gasteiger partial charge < -0.3 is 0 Å². The van der Waals surface area contributed by atoms with Gasteiger partial charge in [-0.25, -0.2) is 8.42 Å². The van der Waals surface area contributed by atoms with Crippen LogP contribution in [-0.2, 0) is 10.0 Å². The van der Waals surface area contributed by atoms with Crippen molar-refractivity contribution in [3.05, 3.63) is 29.8 Å². The van der Waals surface area contributed by atoms with E-state index in [0.29, 0.717) is 5.56 Å². The fourth-order valence-corrected chi connectivity index (χ4v) is 1.57. The van der Waals surface area contributed by atoms with Gasteiger partial charge in [0.1, 0.15) is 0 Å². The number of hydrazine groups is 1.